The molecular weight excluding hydrogens is 348 g/mol. The van der Waals surface area contributed by atoms with E-state index in [-0.39, 0.29) is 0 Å². The fraction of sp³-hybridized carbons (Fsp3) is 0.579. The maximum atomic E-state index is 10.5. The number of fused-ring (bicyclic) bond motifs is 4. The Labute approximate surface area is 159 Å². The number of aromatic nitrogens is 1. The molecule has 0 radical (unpaired) electrons. The number of thiazole rings is 1. The van der Waals surface area contributed by atoms with E-state index in [1.807, 2.05) is 6.92 Å². The van der Waals surface area contributed by atoms with Gasteiger partial charge in [0, 0.05) is 0 Å². The van der Waals surface area contributed by atoms with Gasteiger partial charge in [-0.3, -0.25) is 0 Å². The third-order valence-corrected chi connectivity index (χ3v) is 6.75. The number of carbonyl (C=O) groups is 1. The minimum atomic E-state index is -0.650. The molecule has 4 heterocycles. The Hall–Kier alpha value is -1.70. The van der Waals surface area contributed by atoms with Crippen molar-refractivity contribution in [3.63, 3.8) is 0 Å². The van der Waals surface area contributed by atoms with Crippen molar-refractivity contribution in [1.29, 1.82) is 0 Å². The number of nitrogens with two attached hydrogens (primary N) is 1. The van der Waals surface area contributed by atoms with Gasteiger partial charge in [-0.15, -0.1) is 11.3 Å². The molecule has 3 aliphatic rings. The minimum absolute atomic E-state index is 0.471. The van der Waals surface area contributed by atoms with Gasteiger partial charge >= 0.3 is 6.09 Å². The summed E-state index contributed by atoms with van der Waals surface area (Å²) in [6, 6.07) is 6.38. The number of piperazine rings is 3. The number of quaternary nitrogens is 2. The van der Waals surface area contributed by atoms with E-state index in [4.69, 9.17) is 10.5 Å². The van der Waals surface area contributed by atoms with Crippen molar-refractivity contribution in [2.75, 3.05) is 59.5 Å². The molecule has 2 bridgehead atoms. The van der Waals surface area contributed by atoms with Crippen LogP contribution in [-0.4, -0.2) is 79.5 Å². The number of rotatable bonds is 3. The zero-order valence-electron chi connectivity index (χ0n) is 16.0. The Morgan fingerprint density at radius 2 is 1.85 bits per heavy atom. The van der Waals surface area contributed by atoms with Crippen LogP contribution in [0.1, 0.15) is 10.6 Å². The first kappa shape index (κ1) is 19.1. The predicted octanol–water partition coefficient (Wildman–Crippen LogP) is 2.29. The number of likely N-dealkylation sites (N-methyl/N-ethyl adjacent to an activating group) is 1. The average Bonchev–Trinajstić information content (AvgIpc) is 2.96. The summed E-state index contributed by atoms with van der Waals surface area (Å²) in [5.74, 6) is 0. The first-order chi connectivity index (χ1) is 12.3. The normalized spacial score (nSPS) is 27.0. The van der Waals surface area contributed by atoms with Gasteiger partial charge in [-0.05, 0) is 31.5 Å². The molecular formula is C19H30N4O2S+2. The van der Waals surface area contributed by atoms with Crippen molar-refractivity contribution in [3.8, 4) is 0 Å². The van der Waals surface area contributed by atoms with Gasteiger partial charge in [0.15, 0.2) is 0 Å². The molecule has 1 aromatic carbocycles. The van der Waals surface area contributed by atoms with Crippen LogP contribution in [0.4, 0.5) is 4.79 Å². The zero-order valence-corrected chi connectivity index (χ0v) is 16.8. The lowest BCUT2D eigenvalue weighted by Gasteiger charge is -2.53. The van der Waals surface area contributed by atoms with E-state index in [0.29, 0.717) is 6.61 Å². The Balaban J connectivity index is 0.000000158. The fourth-order valence-electron chi connectivity index (χ4n) is 3.86. The second-order valence-corrected chi connectivity index (χ2v) is 9.13. The SMILES string of the molecule is C[N+]12CC[N+](CCOC(N)=O)(CC1)CC2.Cc1ccc2sc(C)nc2c1. The second-order valence-electron chi connectivity index (χ2n) is 7.90. The molecule has 0 spiro atoms. The molecule has 142 valence electrons. The lowest BCUT2D eigenvalue weighted by molar-refractivity contribution is -1.07. The highest BCUT2D eigenvalue weighted by molar-refractivity contribution is 7.18. The number of carbonyl (C=O) groups excluding carboxylic acids is 1. The van der Waals surface area contributed by atoms with Crippen LogP contribution in [0, 0.1) is 13.8 Å². The first-order valence-electron chi connectivity index (χ1n) is 9.24. The number of hydrogen-bond acceptors (Lipinski definition) is 4. The van der Waals surface area contributed by atoms with Crippen LogP contribution in [0.25, 0.3) is 10.2 Å². The molecule has 3 aliphatic heterocycles. The standard InChI is InChI=1S/C10H20N3O2.C9H9NS/c1-12-2-5-13(6-3-12,7-4-12)8-9-15-10(11)14;1-6-3-4-9-8(5-6)10-7(2)11-9/h2-9H2,1H3,(H-,11,14);3-5H,1-2H3/q+1;/p+1. The molecule has 0 atom stereocenters. The number of ether oxygens (including phenoxy) is 1. The Morgan fingerprint density at radius 3 is 2.46 bits per heavy atom. The molecule has 0 saturated carbocycles. The summed E-state index contributed by atoms with van der Waals surface area (Å²) < 4.78 is 8.48. The van der Waals surface area contributed by atoms with E-state index in [1.54, 1.807) is 11.3 Å². The topological polar surface area (TPSA) is 65.2 Å². The molecule has 5 rings (SSSR count). The van der Waals surface area contributed by atoms with Gasteiger partial charge in [-0.25, -0.2) is 9.78 Å². The van der Waals surface area contributed by atoms with Crippen LogP contribution >= 0.6 is 11.3 Å². The Bertz CT molecular complexity index is 764. The largest absolute Gasteiger partial charge is 0.444 e. The van der Waals surface area contributed by atoms with Crippen molar-refractivity contribution in [1.82, 2.24) is 4.98 Å². The Kier molecular flexibility index (Phi) is 5.50. The van der Waals surface area contributed by atoms with E-state index in [0.717, 1.165) is 21.6 Å². The van der Waals surface area contributed by atoms with Gasteiger partial charge < -0.3 is 19.4 Å². The molecule has 26 heavy (non-hydrogen) atoms. The number of aryl methyl sites for hydroxylation is 2. The van der Waals surface area contributed by atoms with Crippen LogP contribution in [-0.2, 0) is 4.74 Å². The fourth-order valence-corrected chi connectivity index (χ4v) is 4.67. The van der Waals surface area contributed by atoms with Crippen LogP contribution in [0.2, 0.25) is 0 Å². The van der Waals surface area contributed by atoms with Gasteiger partial charge in [-0.2, -0.15) is 0 Å². The molecule has 3 saturated heterocycles. The smallest absolute Gasteiger partial charge is 0.404 e. The number of hydrogen-bond donors (Lipinski definition) is 1. The van der Waals surface area contributed by atoms with Crippen LogP contribution < -0.4 is 5.73 Å². The molecule has 2 N–H and O–H groups in total. The van der Waals surface area contributed by atoms with Crippen LogP contribution in [0.5, 0.6) is 0 Å². The summed E-state index contributed by atoms with van der Waals surface area (Å²) in [5, 5.41) is 1.14. The highest BCUT2D eigenvalue weighted by Crippen LogP contribution is 2.24. The van der Waals surface area contributed by atoms with Gasteiger partial charge in [0.2, 0.25) is 0 Å². The molecule has 1 amide bonds. The van der Waals surface area contributed by atoms with Gasteiger partial charge in [0.25, 0.3) is 0 Å². The summed E-state index contributed by atoms with van der Waals surface area (Å²) in [6.07, 6.45) is -0.650. The number of nitrogens with zero attached hydrogens (tertiary/aromatic N) is 3. The lowest BCUT2D eigenvalue weighted by atomic mass is 10.1. The zero-order chi connectivity index (χ0) is 18.8. The molecule has 7 heteroatoms. The average molecular weight is 379 g/mol. The van der Waals surface area contributed by atoms with Crippen LogP contribution in [0.3, 0.4) is 0 Å². The van der Waals surface area contributed by atoms with E-state index < -0.39 is 6.09 Å². The highest BCUT2D eigenvalue weighted by Gasteiger charge is 2.46. The molecule has 1 aromatic heterocycles. The monoisotopic (exact) mass is 378 g/mol. The van der Waals surface area contributed by atoms with E-state index in [9.17, 15) is 4.79 Å². The molecule has 0 unspecified atom stereocenters. The van der Waals surface area contributed by atoms with Crippen molar-refractivity contribution in [2.24, 2.45) is 5.73 Å². The van der Waals surface area contributed by atoms with Crippen molar-refractivity contribution in [3.05, 3.63) is 28.8 Å². The van der Waals surface area contributed by atoms with Gasteiger partial charge in [0.05, 0.1) is 22.3 Å². The number of benzene rings is 1. The third-order valence-electron chi connectivity index (χ3n) is 5.80. The summed E-state index contributed by atoms with van der Waals surface area (Å²) in [5.41, 5.74) is 7.36. The first-order valence-corrected chi connectivity index (χ1v) is 10.1. The molecule has 0 aliphatic carbocycles. The Morgan fingerprint density at radius 1 is 1.19 bits per heavy atom. The maximum Gasteiger partial charge on any atom is 0.404 e. The minimum Gasteiger partial charge on any atom is -0.444 e. The number of amides is 1. The lowest BCUT2D eigenvalue weighted by Crippen LogP contribution is -2.74. The summed E-state index contributed by atoms with van der Waals surface area (Å²) in [4.78, 5) is 14.9. The van der Waals surface area contributed by atoms with E-state index in [2.05, 4.69) is 37.2 Å². The highest BCUT2D eigenvalue weighted by atomic mass is 32.1. The molecule has 2 aromatic rings. The van der Waals surface area contributed by atoms with Crippen molar-refractivity contribution >= 4 is 27.6 Å². The number of primary amides is 1. The van der Waals surface area contributed by atoms with Gasteiger partial charge in [0.1, 0.15) is 52.4 Å². The summed E-state index contributed by atoms with van der Waals surface area (Å²) in [6.45, 7) is 13.0. The quantitative estimate of drug-likeness (QED) is 0.834. The van der Waals surface area contributed by atoms with Crippen molar-refractivity contribution < 1.29 is 18.5 Å². The summed E-state index contributed by atoms with van der Waals surface area (Å²) in [7, 11) is 2.34. The van der Waals surface area contributed by atoms with Crippen LogP contribution in [0.15, 0.2) is 18.2 Å². The van der Waals surface area contributed by atoms with E-state index in [1.165, 1.54) is 54.0 Å². The van der Waals surface area contributed by atoms with Gasteiger partial charge in [-0.1, -0.05) is 6.07 Å². The maximum absolute atomic E-state index is 10.5. The van der Waals surface area contributed by atoms with Crippen molar-refractivity contribution in [2.45, 2.75) is 13.8 Å². The third kappa shape index (κ3) is 4.52. The molecule has 6 nitrogen and oxygen atoms in total. The van der Waals surface area contributed by atoms with E-state index >= 15 is 0 Å². The predicted molar refractivity (Wildman–Crippen MR) is 105 cm³/mol. The second kappa shape index (κ2) is 7.50. The summed E-state index contributed by atoms with van der Waals surface area (Å²) >= 11 is 1.75. The molecule has 3 fully saturated rings.